The van der Waals surface area contributed by atoms with Gasteiger partial charge in [0.15, 0.2) is 5.76 Å². The van der Waals surface area contributed by atoms with Crippen molar-refractivity contribution in [3.63, 3.8) is 0 Å². The van der Waals surface area contributed by atoms with E-state index in [-0.39, 0.29) is 10.1 Å². The summed E-state index contributed by atoms with van der Waals surface area (Å²) in [6.45, 7) is 3.48. The van der Waals surface area contributed by atoms with Gasteiger partial charge in [0.25, 0.3) is 10.0 Å². The lowest BCUT2D eigenvalue weighted by atomic mass is 10.2. The van der Waals surface area contributed by atoms with Crippen LogP contribution in [0.3, 0.4) is 0 Å². The van der Waals surface area contributed by atoms with Crippen molar-refractivity contribution >= 4 is 50.8 Å². The number of hydrogen-bond acceptors (Lipinski definition) is 7. The number of rotatable bonds is 8. The average Bonchev–Trinajstić information content (AvgIpc) is 3.34. The smallest absolute Gasteiger partial charge is 0.271 e. The molecule has 1 aromatic carbocycles. The molecule has 1 amide bonds. The summed E-state index contributed by atoms with van der Waals surface area (Å²) < 4.78 is 38.4. The fourth-order valence-corrected chi connectivity index (χ4v) is 4.78. The standard InChI is InChI=1S/C20H21N3O5S2/c1-4-18(24)21-20-13(2)22-28-17(20)10-8-16-9-11-19(29-16)30(25,26)23-14-6-5-7-15(12-14)27-3/h5-12,23H,4H2,1-3H3,(H,21,24). The number of aromatic nitrogens is 1. The maximum atomic E-state index is 12.7. The summed E-state index contributed by atoms with van der Waals surface area (Å²) in [7, 11) is -2.22. The van der Waals surface area contributed by atoms with Gasteiger partial charge in [-0.1, -0.05) is 18.1 Å². The van der Waals surface area contributed by atoms with Gasteiger partial charge >= 0.3 is 0 Å². The second-order valence-corrected chi connectivity index (χ2v) is 9.26. The zero-order valence-corrected chi connectivity index (χ0v) is 18.3. The van der Waals surface area contributed by atoms with E-state index in [9.17, 15) is 13.2 Å². The third-order valence-corrected chi connectivity index (χ3v) is 6.99. The fourth-order valence-electron chi connectivity index (χ4n) is 2.50. The van der Waals surface area contributed by atoms with Crippen molar-refractivity contribution in [2.24, 2.45) is 0 Å². The highest BCUT2D eigenvalue weighted by Crippen LogP contribution is 2.28. The number of ether oxygens (including phenoxy) is 1. The normalized spacial score (nSPS) is 11.6. The third kappa shape index (κ3) is 5.08. The Morgan fingerprint density at radius 2 is 2.07 bits per heavy atom. The molecule has 10 heteroatoms. The second kappa shape index (κ2) is 9.14. The number of anilines is 2. The molecule has 0 aliphatic heterocycles. The Morgan fingerprint density at radius 3 is 2.80 bits per heavy atom. The number of nitrogens with zero attached hydrogens (tertiary/aromatic N) is 1. The molecule has 0 saturated heterocycles. The number of carbonyl (C=O) groups excluding carboxylic acids is 1. The van der Waals surface area contributed by atoms with E-state index >= 15 is 0 Å². The van der Waals surface area contributed by atoms with E-state index in [1.165, 1.54) is 13.2 Å². The Hall–Kier alpha value is -3.11. The lowest BCUT2D eigenvalue weighted by Crippen LogP contribution is -2.11. The van der Waals surface area contributed by atoms with Crippen LogP contribution >= 0.6 is 11.3 Å². The average molecular weight is 448 g/mol. The molecule has 30 heavy (non-hydrogen) atoms. The molecule has 3 aromatic rings. The summed E-state index contributed by atoms with van der Waals surface area (Å²) >= 11 is 1.10. The first-order chi connectivity index (χ1) is 14.3. The van der Waals surface area contributed by atoms with Gasteiger partial charge in [-0.05, 0) is 43.3 Å². The van der Waals surface area contributed by atoms with Crippen molar-refractivity contribution in [1.82, 2.24) is 5.16 Å². The number of aryl methyl sites for hydroxylation is 1. The van der Waals surface area contributed by atoms with Crippen molar-refractivity contribution in [3.8, 4) is 5.75 Å². The largest absolute Gasteiger partial charge is 0.497 e. The van der Waals surface area contributed by atoms with Crippen LogP contribution in [0.4, 0.5) is 11.4 Å². The quantitative estimate of drug-likeness (QED) is 0.530. The molecule has 0 saturated carbocycles. The minimum Gasteiger partial charge on any atom is -0.497 e. The monoisotopic (exact) mass is 447 g/mol. The van der Waals surface area contributed by atoms with E-state index in [0.717, 1.165) is 11.3 Å². The number of sulfonamides is 1. The molecule has 2 heterocycles. The first kappa shape index (κ1) is 21.6. The maximum absolute atomic E-state index is 12.7. The first-order valence-electron chi connectivity index (χ1n) is 9.03. The molecule has 0 aliphatic rings. The topological polar surface area (TPSA) is 111 Å². The lowest BCUT2D eigenvalue weighted by molar-refractivity contribution is -0.115. The van der Waals surface area contributed by atoms with E-state index in [1.807, 2.05) is 0 Å². The Morgan fingerprint density at radius 1 is 1.27 bits per heavy atom. The minimum absolute atomic E-state index is 0.149. The molecule has 2 aromatic heterocycles. The van der Waals surface area contributed by atoms with E-state index < -0.39 is 10.0 Å². The van der Waals surface area contributed by atoms with E-state index in [2.05, 4.69) is 15.2 Å². The van der Waals surface area contributed by atoms with Crippen molar-refractivity contribution in [3.05, 3.63) is 52.7 Å². The highest BCUT2D eigenvalue weighted by Gasteiger charge is 2.17. The Kier molecular flexibility index (Phi) is 6.58. The van der Waals surface area contributed by atoms with Crippen LogP contribution in [0.1, 0.15) is 29.7 Å². The molecule has 0 radical (unpaired) electrons. The molecule has 8 nitrogen and oxygen atoms in total. The highest BCUT2D eigenvalue weighted by molar-refractivity contribution is 7.94. The van der Waals surface area contributed by atoms with Gasteiger partial charge in [0.2, 0.25) is 5.91 Å². The zero-order chi connectivity index (χ0) is 21.7. The van der Waals surface area contributed by atoms with Gasteiger partial charge < -0.3 is 14.6 Å². The molecule has 3 rings (SSSR count). The Balaban J connectivity index is 1.77. The summed E-state index contributed by atoms with van der Waals surface area (Å²) in [5.41, 5.74) is 1.48. The fraction of sp³-hybridized carbons (Fsp3) is 0.200. The molecule has 0 spiro atoms. The van der Waals surface area contributed by atoms with Crippen LogP contribution in [-0.4, -0.2) is 26.6 Å². The van der Waals surface area contributed by atoms with Crippen molar-refractivity contribution in [2.45, 2.75) is 24.5 Å². The van der Waals surface area contributed by atoms with E-state index in [1.54, 1.807) is 56.3 Å². The number of amides is 1. The van der Waals surface area contributed by atoms with Gasteiger partial charge in [-0.15, -0.1) is 11.3 Å². The zero-order valence-electron chi connectivity index (χ0n) is 16.6. The van der Waals surface area contributed by atoms with Crippen LogP contribution in [0, 0.1) is 6.92 Å². The number of methoxy groups -OCH3 is 1. The minimum atomic E-state index is -3.74. The predicted octanol–water partition coefficient (Wildman–Crippen LogP) is 4.37. The summed E-state index contributed by atoms with van der Waals surface area (Å²) in [5.74, 6) is 0.795. The molecular formula is C20H21N3O5S2. The van der Waals surface area contributed by atoms with Gasteiger partial charge in [0, 0.05) is 17.4 Å². The van der Waals surface area contributed by atoms with E-state index in [4.69, 9.17) is 9.26 Å². The SMILES string of the molecule is CCC(=O)Nc1c(C)noc1C=Cc1ccc(S(=O)(=O)Nc2cccc(OC)c2)s1. The first-order valence-corrected chi connectivity index (χ1v) is 11.3. The summed E-state index contributed by atoms with van der Waals surface area (Å²) in [5, 5.41) is 6.62. The number of hydrogen-bond donors (Lipinski definition) is 2. The molecule has 158 valence electrons. The van der Waals surface area contributed by atoms with Gasteiger partial charge in [-0.3, -0.25) is 9.52 Å². The molecule has 2 N–H and O–H groups in total. The van der Waals surface area contributed by atoms with Crippen molar-refractivity contribution < 1.29 is 22.5 Å². The Labute approximate surface area is 178 Å². The number of thiophene rings is 1. The van der Waals surface area contributed by atoms with Crippen LogP contribution in [0.2, 0.25) is 0 Å². The molecule has 0 fully saturated rings. The predicted molar refractivity (Wildman–Crippen MR) is 117 cm³/mol. The molecule has 0 atom stereocenters. The highest BCUT2D eigenvalue weighted by atomic mass is 32.2. The Bertz CT molecular complexity index is 1180. The van der Waals surface area contributed by atoms with Crippen LogP contribution < -0.4 is 14.8 Å². The molecule has 0 unspecified atom stereocenters. The molecule has 0 bridgehead atoms. The summed E-state index contributed by atoms with van der Waals surface area (Å²) in [6.07, 6.45) is 3.68. The van der Waals surface area contributed by atoms with Gasteiger partial charge in [0.1, 0.15) is 21.3 Å². The van der Waals surface area contributed by atoms with Crippen molar-refractivity contribution in [2.75, 3.05) is 17.1 Å². The van der Waals surface area contributed by atoms with E-state index in [0.29, 0.717) is 39.9 Å². The summed E-state index contributed by atoms with van der Waals surface area (Å²) in [6, 6.07) is 9.89. The van der Waals surface area contributed by atoms with Crippen molar-refractivity contribution in [1.29, 1.82) is 0 Å². The lowest BCUT2D eigenvalue weighted by Gasteiger charge is -2.07. The maximum Gasteiger partial charge on any atom is 0.271 e. The third-order valence-electron chi connectivity index (χ3n) is 4.06. The van der Waals surface area contributed by atoms with Crippen LogP contribution in [-0.2, 0) is 14.8 Å². The van der Waals surface area contributed by atoms with Crippen LogP contribution in [0.5, 0.6) is 5.75 Å². The molecular weight excluding hydrogens is 426 g/mol. The number of nitrogens with one attached hydrogen (secondary N) is 2. The second-order valence-electron chi connectivity index (χ2n) is 6.24. The van der Waals surface area contributed by atoms with Crippen LogP contribution in [0.25, 0.3) is 12.2 Å². The van der Waals surface area contributed by atoms with Gasteiger partial charge in [-0.25, -0.2) is 8.42 Å². The number of benzene rings is 1. The van der Waals surface area contributed by atoms with Gasteiger partial charge in [-0.2, -0.15) is 0 Å². The molecule has 0 aliphatic carbocycles. The number of carbonyl (C=O) groups is 1. The van der Waals surface area contributed by atoms with Gasteiger partial charge in [0.05, 0.1) is 12.8 Å². The summed E-state index contributed by atoms with van der Waals surface area (Å²) in [4.78, 5) is 12.4. The van der Waals surface area contributed by atoms with Crippen LogP contribution in [0.15, 0.2) is 45.1 Å².